The van der Waals surface area contributed by atoms with Crippen molar-refractivity contribution in [3.8, 4) is 0 Å². The SMILES string of the molecule is CC1CSc2c1ccnc2N. The number of nitrogens with zero attached hydrogens (tertiary/aromatic N) is 1. The van der Waals surface area contributed by atoms with Crippen molar-refractivity contribution in [1.29, 1.82) is 0 Å². The van der Waals surface area contributed by atoms with Crippen LogP contribution in [0.3, 0.4) is 0 Å². The van der Waals surface area contributed by atoms with Crippen molar-refractivity contribution >= 4 is 17.6 Å². The van der Waals surface area contributed by atoms with Crippen LogP contribution >= 0.6 is 11.8 Å². The molecule has 1 atom stereocenters. The molecular weight excluding hydrogens is 156 g/mol. The second-order valence-electron chi connectivity index (χ2n) is 2.83. The van der Waals surface area contributed by atoms with Gasteiger partial charge in [-0.15, -0.1) is 11.8 Å². The zero-order valence-electron chi connectivity index (χ0n) is 6.37. The van der Waals surface area contributed by atoms with Gasteiger partial charge in [-0.3, -0.25) is 0 Å². The van der Waals surface area contributed by atoms with E-state index in [1.54, 1.807) is 6.20 Å². The number of pyridine rings is 1. The molecule has 1 aromatic rings. The molecule has 0 aromatic carbocycles. The van der Waals surface area contributed by atoms with Crippen molar-refractivity contribution < 1.29 is 0 Å². The summed E-state index contributed by atoms with van der Waals surface area (Å²) in [5, 5.41) is 0. The molecule has 0 amide bonds. The van der Waals surface area contributed by atoms with E-state index in [1.807, 2.05) is 11.8 Å². The first-order valence-electron chi connectivity index (χ1n) is 3.66. The smallest absolute Gasteiger partial charge is 0.137 e. The van der Waals surface area contributed by atoms with Gasteiger partial charge in [0, 0.05) is 11.9 Å². The number of hydrogen-bond donors (Lipinski definition) is 1. The molecular formula is C8H10N2S. The Balaban J connectivity index is 2.57. The Bertz CT molecular complexity index is 285. The normalized spacial score (nSPS) is 21.7. The van der Waals surface area contributed by atoms with Crippen molar-refractivity contribution in [2.75, 3.05) is 11.5 Å². The summed E-state index contributed by atoms with van der Waals surface area (Å²) in [5.74, 6) is 2.47. The predicted octanol–water partition coefficient (Wildman–Crippen LogP) is 1.87. The van der Waals surface area contributed by atoms with Gasteiger partial charge < -0.3 is 5.73 Å². The van der Waals surface area contributed by atoms with E-state index in [1.165, 1.54) is 10.5 Å². The number of anilines is 1. The number of thioether (sulfide) groups is 1. The van der Waals surface area contributed by atoms with Gasteiger partial charge in [0.15, 0.2) is 0 Å². The lowest BCUT2D eigenvalue weighted by Crippen LogP contribution is -1.94. The molecule has 0 saturated heterocycles. The van der Waals surface area contributed by atoms with E-state index in [0.29, 0.717) is 11.7 Å². The molecule has 1 unspecified atom stereocenters. The Hall–Kier alpha value is -0.700. The number of hydrogen-bond acceptors (Lipinski definition) is 3. The molecule has 1 aliphatic heterocycles. The van der Waals surface area contributed by atoms with Gasteiger partial charge in [0.1, 0.15) is 5.82 Å². The Morgan fingerprint density at radius 1 is 1.73 bits per heavy atom. The van der Waals surface area contributed by atoms with E-state index in [0.717, 1.165) is 5.75 Å². The maximum absolute atomic E-state index is 5.70. The van der Waals surface area contributed by atoms with Gasteiger partial charge in [0.25, 0.3) is 0 Å². The van der Waals surface area contributed by atoms with Crippen LogP contribution in [0.25, 0.3) is 0 Å². The second kappa shape index (κ2) is 2.41. The minimum atomic E-state index is 0.639. The molecule has 0 spiro atoms. The fourth-order valence-electron chi connectivity index (χ4n) is 1.32. The summed E-state index contributed by atoms with van der Waals surface area (Å²) in [6, 6.07) is 2.07. The third-order valence-electron chi connectivity index (χ3n) is 1.97. The molecule has 0 radical (unpaired) electrons. The number of fused-ring (bicyclic) bond motifs is 1. The Morgan fingerprint density at radius 2 is 2.55 bits per heavy atom. The van der Waals surface area contributed by atoms with E-state index in [9.17, 15) is 0 Å². The molecule has 2 N–H and O–H groups in total. The van der Waals surface area contributed by atoms with Crippen LogP contribution in [0.1, 0.15) is 18.4 Å². The monoisotopic (exact) mass is 166 g/mol. The topological polar surface area (TPSA) is 38.9 Å². The fraction of sp³-hybridized carbons (Fsp3) is 0.375. The first-order valence-corrected chi connectivity index (χ1v) is 4.65. The number of nitrogen functional groups attached to an aromatic ring is 1. The Kier molecular flexibility index (Phi) is 1.53. The van der Waals surface area contributed by atoms with E-state index >= 15 is 0 Å². The molecule has 0 fully saturated rings. The molecule has 2 nitrogen and oxygen atoms in total. The van der Waals surface area contributed by atoms with Crippen LogP contribution in [0.5, 0.6) is 0 Å². The molecule has 58 valence electrons. The Morgan fingerprint density at radius 3 is 3.27 bits per heavy atom. The first kappa shape index (κ1) is 6.98. The molecule has 0 saturated carbocycles. The number of nitrogens with two attached hydrogens (primary N) is 1. The summed E-state index contributed by atoms with van der Waals surface area (Å²) in [6.07, 6.45) is 1.79. The average Bonchev–Trinajstić information content (AvgIpc) is 2.35. The molecule has 1 aliphatic rings. The minimum Gasteiger partial charge on any atom is -0.383 e. The fourth-order valence-corrected chi connectivity index (χ4v) is 2.56. The highest BCUT2D eigenvalue weighted by atomic mass is 32.2. The van der Waals surface area contributed by atoms with Gasteiger partial charge >= 0.3 is 0 Å². The minimum absolute atomic E-state index is 0.639. The van der Waals surface area contributed by atoms with Crippen molar-refractivity contribution in [2.45, 2.75) is 17.7 Å². The molecule has 3 heteroatoms. The van der Waals surface area contributed by atoms with Crippen molar-refractivity contribution in [3.63, 3.8) is 0 Å². The van der Waals surface area contributed by atoms with Crippen LogP contribution in [0.15, 0.2) is 17.2 Å². The maximum Gasteiger partial charge on any atom is 0.137 e. The standard InChI is InChI=1S/C8H10N2S/c1-5-4-11-7-6(5)2-3-10-8(7)9/h2-3,5H,4H2,1H3,(H2,9,10). The zero-order chi connectivity index (χ0) is 7.84. The molecule has 0 aliphatic carbocycles. The third-order valence-corrected chi connectivity index (χ3v) is 3.37. The molecule has 2 rings (SSSR count). The van der Waals surface area contributed by atoms with Crippen molar-refractivity contribution in [2.24, 2.45) is 0 Å². The van der Waals surface area contributed by atoms with Crippen LogP contribution in [-0.4, -0.2) is 10.7 Å². The Labute approximate surface area is 70.2 Å². The average molecular weight is 166 g/mol. The van der Waals surface area contributed by atoms with Crippen molar-refractivity contribution in [1.82, 2.24) is 4.98 Å². The summed E-state index contributed by atoms with van der Waals surface area (Å²) < 4.78 is 0. The molecule has 1 aromatic heterocycles. The van der Waals surface area contributed by atoms with Crippen molar-refractivity contribution in [3.05, 3.63) is 17.8 Å². The molecule has 11 heavy (non-hydrogen) atoms. The lowest BCUT2D eigenvalue weighted by molar-refractivity contribution is 0.878. The lowest BCUT2D eigenvalue weighted by atomic mass is 10.1. The van der Waals surface area contributed by atoms with Crippen LogP contribution in [0.2, 0.25) is 0 Å². The highest BCUT2D eigenvalue weighted by molar-refractivity contribution is 7.99. The van der Waals surface area contributed by atoms with Crippen LogP contribution < -0.4 is 5.73 Å². The van der Waals surface area contributed by atoms with E-state index in [2.05, 4.69) is 18.0 Å². The summed E-state index contributed by atoms with van der Waals surface area (Å²) in [5.41, 5.74) is 7.07. The van der Waals surface area contributed by atoms with Crippen LogP contribution in [-0.2, 0) is 0 Å². The quantitative estimate of drug-likeness (QED) is 0.639. The van der Waals surface area contributed by atoms with Gasteiger partial charge in [0.05, 0.1) is 4.90 Å². The molecule has 0 bridgehead atoms. The van der Waals surface area contributed by atoms with Gasteiger partial charge in [0.2, 0.25) is 0 Å². The number of rotatable bonds is 0. The maximum atomic E-state index is 5.70. The van der Waals surface area contributed by atoms with Gasteiger partial charge in [-0.25, -0.2) is 4.98 Å². The highest BCUT2D eigenvalue weighted by Crippen LogP contribution is 2.41. The predicted molar refractivity (Wildman–Crippen MR) is 47.8 cm³/mol. The van der Waals surface area contributed by atoms with E-state index in [-0.39, 0.29) is 0 Å². The summed E-state index contributed by atoms with van der Waals surface area (Å²) in [7, 11) is 0. The number of aromatic nitrogens is 1. The lowest BCUT2D eigenvalue weighted by Gasteiger charge is -2.02. The summed E-state index contributed by atoms with van der Waals surface area (Å²) >= 11 is 1.82. The third kappa shape index (κ3) is 0.997. The van der Waals surface area contributed by atoms with Gasteiger partial charge in [-0.1, -0.05) is 6.92 Å². The first-order chi connectivity index (χ1) is 5.29. The zero-order valence-corrected chi connectivity index (χ0v) is 7.19. The molecule has 2 heterocycles. The largest absolute Gasteiger partial charge is 0.383 e. The van der Waals surface area contributed by atoms with E-state index < -0.39 is 0 Å². The second-order valence-corrected chi connectivity index (χ2v) is 3.86. The van der Waals surface area contributed by atoms with Crippen LogP contribution in [0, 0.1) is 0 Å². The van der Waals surface area contributed by atoms with Crippen LogP contribution in [0.4, 0.5) is 5.82 Å². The van der Waals surface area contributed by atoms with E-state index in [4.69, 9.17) is 5.73 Å². The van der Waals surface area contributed by atoms with Gasteiger partial charge in [-0.2, -0.15) is 0 Å². The summed E-state index contributed by atoms with van der Waals surface area (Å²) in [6.45, 7) is 2.22. The summed E-state index contributed by atoms with van der Waals surface area (Å²) in [4.78, 5) is 5.24. The van der Waals surface area contributed by atoms with Gasteiger partial charge in [-0.05, 0) is 17.5 Å². The highest BCUT2D eigenvalue weighted by Gasteiger charge is 2.21.